The van der Waals surface area contributed by atoms with Crippen molar-refractivity contribution in [3.8, 4) is 0 Å². The van der Waals surface area contributed by atoms with Gasteiger partial charge in [0.05, 0.1) is 10.9 Å². The Morgan fingerprint density at radius 1 is 1.04 bits per heavy atom. The maximum atomic E-state index is 12.0. The van der Waals surface area contributed by atoms with Crippen molar-refractivity contribution in [2.24, 2.45) is 0 Å². The van der Waals surface area contributed by atoms with Crippen molar-refractivity contribution in [2.75, 3.05) is 18.4 Å². The maximum Gasteiger partial charge on any atom is 0.260 e. The number of nitrogens with zero attached hydrogens (tertiary/aromatic N) is 1. The lowest BCUT2D eigenvalue weighted by Gasteiger charge is -2.07. The first-order chi connectivity index (χ1) is 11.7. The van der Waals surface area contributed by atoms with Crippen LogP contribution in [0.15, 0.2) is 53.3 Å². The number of benzene rings is 2. The average Bonchev–Trinajstić information content (AvgIpc) is 2.60. The third-order valence-corrected chi connectivity index (χ3v) is 3.93. The predicted octanol–water partition coefficient (Wildman–Crippen LogP) is 3.17. The van der Waals surface area contributed by atoms with E-state index in [9.17, 15) is 4.79 Å². The number of anilines is 1. The van der Waals surface area contributed by atoms with E-state index in [2.05, 4.69) is 20.6 Å². The molecule has 0 fully saturated rings. The molecule has 2 aromatic carbocycles. The maximum absolute atomic E-state index is 12.0. The second-order valence-corrected chi connectivity index (χ2v) is 5.95. The molecule has 0 saturated heterocycles. The highest BCUT2D eigenvalue weighted by atomic mass is 35.5. The molecule has 0 bridgehead atoms. The first kappa shape index (κ1) is 16.5. The van der Waals surface area contributed by atoms with Crippen LogP contribution < -0.4 is 16.2 Å². The summed E-state index contributed by atoms with van der Waals surface area (Å²) in [4.78, 5) is 19.1. The van der Waals surface area contributed by atoms with Crippen molar-refractivity contribution < 1.29 is 0 Å². The van der Waals surface area contributed by atoms with Crippen LogP contribution in [0.3, 0.4) is 0 Å². The van der Waals surface area contributed by atoms with Gasteiger partial charge in [0, 0.05) is 18.1 Å². The summed E-state index contributed by atoms with van der Waals surface area (Å²) >= 11 is 5.86. The molecule has 0 unspecified atom stereocenters. The molecule has 3 rings (SSSR count). The highest BCUT2D eigenvalue weighted by Crippen LogP contribution is 2.09. The molecule has 3 N–H and O–H groups in total. The lowest BCUT2D eigenvalue weighted by molar-refractivity contribution is 0.662. The number of aromatic amines is 1. The van der Waals surface area contributed by atoms with Gasteiger partial charge in [0.2, 0.25) is 5.95 Å². The molecule has 0 spiro atoms. The van der Waals surface area contributed by atoms with Crippen molar-refractivity contribution in [2.45, 2.75) is 13.0 Å². The average molecular weight is 343 g/mol. The summed E-state index contributed by atoms with van der Waals surface area (Å²) in [5.74, 6) is 0.511. The van der Waals surface area contributed by atoms with Gasteiger partial charge in [0.25, 0.3) is 5.56 Å². The topological polar surface area (TPSA) is 69.8 Å². The molecule has 6 heteroatoms. The Morgan fingerprint density at radius 2 is 1.83 bits per heavy atom. The number of nitrogens with one attached hydrogen (secondary N) is 3. The van der Waals surface area contributed by atoms with E-state index in [1.807, 2.05) is 42.5 Å². The van der Waals surface area contributed by atoms with Gasteiger partial charge in [-0.05, 0) is 42.8 Å². The SMILES string of the molecule is O=c1[nH]c(NCCCNCc2ccc(Cl)cc2)nc2ccccc12. The number of halogens is 1. The van der Waals surface area contributed by atoms with E-state index in [4.69, 9.17) is 11.6 Å². The Labute approximate surface area is 145 Å². The van der Waals surface area contributed by atoms with E-state index in [0.717, 1.165) is 31.1 Å². The number of hydrogen-bond donors (Lipinski definition) is 3. The zero-order valence-electron chi connectivity index (χ0n) is 13.2. The summed E-state index contributed by atoms with van der Waals surface area (Å²) < 4.78 is 0. The molecule has 3 aromatic rings. The number of rotatable bonds is 7. The molecule has 5 nitrogen and oxygen atoms in total. The minimum Gasteiger partial charge on any atom is -0.356 e. The standard InChI is InChI=1S/C18H19ClN4O/c19-14-8-6-13(7-9-14)12-20-10-3-11-21-18-22-16-5-2-1-4-15(16)17(24)23-18/h1-2,4-9,20H,3,10-12H2,(H2,21,22,23,24). The van der Waals surface area contributed by atoms with Crippen LogP contribution in [0.4, 0.5) is 5.95 Å². The quantitative estimate of drug-likeness (QED) is 0.577. The molecular weight excluding hydrogens is 324 g/mol. The van der Waals surface area contributed by atoms with Crippen LogP contribution in [0.2, 0.25) is 5.02 Å². The summed E-state index contributed by atoms with van der Waals surface area (Å²) in [6.07, 6.45) is 0.921. The first-order valence-corrected chi connectivity index (χ1v) is 8.28. The lowest BCUT2D eigenvalue weighted by Crippen LogP contribution is -2.19. The smallest absolute Gasteiger partial charge is 0.260 e. The summed E-state index contributed by atoms with van der Waals surface area (Å²) in [5, 5.41) is 7.89. The Kier molecular flexibility index (Phi) is 5.46. The highest BCUT2D eigenvalue weighted by molar-refractivity contribution is 6.30. The van der Waals surface area contributed by atoms with Crippen molar-refractivity contribution in [1.82, 2.24) is 15.3 Å². The Hall–Kier alpha value is -2.37. The van der Waals surface area contributed by atoms with Crippen molar-refractivity contribution in [3.05, 3.63) is 69.5 Å². The molecule has 0 atom stereocenters. The summed E-state index contributed by atoms with van der Waals surface area (Å²) in [6.45, 7) is 2.41. The van der Waals surface area contributed by atoms with Crippen LogP contribution in [-0.2, 0) is 6.54 Å². The van der Waals surface area contributed by atoms with Crippen LogP contribution in [0.5, 0.6) is 0 Å². The number of aromatic nitrogens is 2. The van der Waals surface area contributed by atoms with Gasteiger partial charge in [0.15, 0.2) is 0 Å². The van der Waals surface area contributed by atoms with Gasteiger partial charge < -0.3 is 10.6 Å². The molecule has 0 aliphatic rings. The van der Waals surface area contributed by atoms with Gasteiger partial charge in [-0.25, -0.2) is 4.98 Å². The van der Waals surface area contributed by atoms with E-state index >= 15 is 0 Å². The van der Waals surface area contributed by atoms with Crippen LogP contribution >= 0.6 is 11.6 Å². The van der Waals surface area contributed by atoms with Gasteiger partial charge in [-0.3, -0.25) is 9.78 Å². The molecule has 0 aliphatic carbocycles. The van der Waals surface area contributed by atoms with Crippen molar-refractivity contribution in [3.63, 3.8) is 0 Å². The van der Waals surface area contributed by atoms with E-state index in [1.165, 1.54) is 5.56 Å². The number of H-pyrrole nitrogens is 1. The van der Waals surface area contributed by atoms with Crippen molar-refractivity contribution >= 4 is 28.5 Å². The van der Waals surface area contributed by atoms with Gasteiger partial charge in [-0.15, -0.1) is 0 Å². The minimum atomic E-state index is -0.121. The molecule has 124 valence electrons. The molecular formula is C18H19ClN4O. The predicted molar refractivity (Wildman–Crippen MR) is 98.6 cm³/mol. The fourth-order valence-corrected chi connectivity index (χ4v) is 2.55. The zero-order valence-corrected chi connectivity index (χ0v) is 13.9. The molecule has 1 heterocycles. The molecule has 0 radical (unpaired) electrons. The largest absolute Gasteiger partial charge is 0.356 e. The van der Waals surface area contributed by atoms with E-state index in [-0.39, 0.29) is 5.56 Å². The van der Waals surface area contributed by atoms with Crippen LogP contribution in [-0.4, -0.2) is 23.1 Å². The summed E-state index contributed by atoms with van der Waals surface area (Å²) in [5.41, 5.74) is 1.78. The van der Waals surface area contributed by atoms with Crippen molar-refractivity contribution in [1.29, 1.82) is 0 Å². The third kappa shape index (κ3) is 4.34. The van der Waals surface area contributed by atoms with Gasteiger partial charge in [0.1, 0.15) is 0 Å². The van der Waals surface area contributed by atoms with E-state index in [1.54, 1.807) is 6.07 Å². The second-order valence-electron chi connectivity index (χ2n) is 5.52. The number of fused-ring (bicyclic) bond motifs is 1. The van der Waals surface area contributed by atoms with Crippen LogP contribution in [0, 0.1) is 0 Å². The third-order valence-electron chi connectivity index (χ3n) is 3.68. The molecule has 0 aliphatic heterocycles. The number of para-hydroxylation sites is 1. The van der Waals surface area contributed by atoms with E-state index < -0.39 is 0 Å². The molecule has 1 aromatic heterocycles. The fourth-order valence-electron chi connectivity index (χ4n) is 2.43. The highest BCUT2D eigenvalue weighted by Gasteiger charge is 2.02. The van der Waals surface area contributed by atoms with Gasteiger partial charge in [-0.1, -0.05) is 35.9 Å². The second kappa shape index (κ2) is 7.95. The van der Waals surface area contributed by atoms with Gasteiger partial charge >= 0.3 is 0 Å². The molecule has 0 amide bonds. The lowest BCUT2D eigenvalue weighted by atomic mass is 10.2. The Balaban J connectivity index is 1.43. The summed E-state index contributed by atoms with van der Waals surface area (Å²) in [7, 11) is 0. The normalized spacial score (nSPS) is 10.9. The first-order valence-electron chi connectivity index (χ1n) is 7.90. The number of hydrogen-bond acceptors (Lipinski definition) is 4. The monoisotopic (exact) mass is 342 g/mol. The fraction of sp³-hybridized carbons (Fsp3) is 0.222. The molecule has 0 saturated carbocycles. The van der Waals surface area contributed by atoms with Crippen LogP contribution in [0.1, 0.15) is 12.0 Å². The minimum absolute atomic E-state index is 0.121. The molecule has 24 heavy (non-hydrogen) atoms. The van der Waals surface area contributed by atoms with E-state index in [0.29, 0.717) is 16.9 Å². The Morgan fingerprint density at radius 3 is 2.67 bits per heavy atom. The van der Waals surface area contributed by atoms with Crippen LogP contribution in [0.25, 0.3) is 10.9 Å². The zero-order chi connectivity index (χ0) is 16.8. The Bertz CT molecular complexity index is 861. The summed E-state index contributed by atoms with van der Waals surface area (Å²) in [6, 6.07) is 15.1. The van der Waals surface area contributed by atoms with Gasteiger partial charge in [-0.2, -0.15) is 0 Å².